The number of thioether (sulfide) groups is 1. The number of benzene rings is 1. The molecule has 2 aliphatic rings. The highest BCUT2D eigenvalue weighted by atomic mass is 32.2. The van der Waals surface area contributed by atoms with E-state index in [-0.39, 0.29) is 36.1 Å². The molecule has 8 nitrogen and oxygen atoms in total. The van der Waals surface area contributed by atoms with Crippen molar-refractivity contribution in [3.63, 3.8) is 0 Å². The van der Waals surface area contributed by atoms with Gasteiger partial charge in [0.1, 0.15) is 0 Å². The zero-order chi connectivity index (χ0) is 21.1. The molecule has 3 rings (SSSR count). The molecule has 1 aromatic rings. The lowest BCUT2D eigenvalue weighted by Crippen LogP contribution is -2.37. The van der Waals surface area contributed by atoms with Crippen LogP contribution in [0.5, 0.6) is 17.2 Å². The topological polar surface area (TPSA) is 94.2 Å². The van der Waals surface area contributed by atoms with Gasteiger partial charge in [0.05, 0.1) is 26.2 Å². The molecule has 1 N–H and O–H groups in total. The van der Waals surface area contributed by atoms with E-state index in [9.17, 15) is 14.4 Å². The van der Waals surface area contributed by atoms with Crippen LogP contribution < -0.4 is 19.5 Å². The minimum absolute atomic E-state index is 0.0163. The lowest BCUT2D eigenvalue weighted by molar-refractivity contribution is -0.125. The molecule has 0 radical (unpaired) electrons. The van der Waals surface area contributed by atoms with Crippen LogP contribution in [0.15, 0.2) is 17.0 Å². The molecule has 0 unspecified atom stereocenters. The van der Waals surface area contributed by atoms with Crippen molar-refractivity contribution in [3.8, 4) is 17.2 Å². The SMILES string of the molecule is COc1cc(/C=C2/SC(=O)N(CCNC(=O)[C@@H]3C[C@@H]3C)C2=O)cc(OC)c1OC. The third kappa shape index (κ3) is 4.50. The fourth-order valence-corrected chi connectivity index (χ4v) is 4.00. The zero-order valence-electron chi connectivity index (χ0n) is 16.8. The largest absolute Gasteiger partial charge is 0.493 e. The maximum Gasteiger partial charge on any atom is 0.293 e. The maximum absolute atomic E-state index is 12.6. The highest BCUT2D eigenvalue weighted by Crippen LogP contribution is 2.40. The average Bonchev–Trinajstić information content (AvgIpc) is 3.39. The van der Waals surface area contributed by atoms with Gasteiger partial charge >= 0.3 is 0 Å². The van der Waals surface area contributed by atoms with E-state index >= 15 is 0 Å². The number of imide groups is 1. The Hall–Kier alpha value is -2.68. The number of ether oxygens (including phenoxy) is 3. The lowest BCUT2D eigenvalue weighted by Gasteiger charge is -2.13. The fraction of sp³-hybridized carbons (Fsp3) is 0.450. The van der Waals surface area contributed by atoms with E-state index in [4.69, 9.17) is 14.2 Å². The molecule has 9 heteroatoms. The summed E-state index contributed by atoms with van der Waals surface area (Å²) in [5, 5.41) is 2.43. The molecule has 1 saturated carbocycles. The van der Waals surface area contributed by atoms with Crippen LogP contribution in [0.4, 0.5) is 4.79 Å². The number of carbonyl (C=O) groups excluding carboxylic acids is 3. The summed E-state index contributed by atoms with van der Waals surface area (Å²) in [6.07, 6.45) is 2.50. The molecular weight excluding hydrogens is 396 g/mol. The van der Waals surface area contributed by atoms with E-state index in [2.05, 4.69) is 5.32 Å². The van der Waals surface area contributed by atoms with Crippen molar-refractivity contribution in [1.82, 2.24) is 10.2 Å². The van der Waals surface area contributed by atoms with Crippen molar-refractivity contribution >= 4 is 34.9 Å². The molecule has 1 saturated heterocycles. The van der Waals surface area contributed by atoms with Gasteiger partial charge in [-0.2, -0.15) is 0 Å². The number of nitrogens with one attached hydrogen (secondary N) is 1. The van der Waals surface area contributed by atoms with Crippen LogP contribution in [0.3, 0.4) is 0 Å². The second-order valence-electron chi connectivity index (χ2n) is 6.90. The van der Waals surface area contributed by atoms with Crippen LogP contribution in [0, 0.1) is 11.8 Å². The van der Waals surface area contributed by atoms with Crippen LogP contribution in [0.1, 0.15) is 18.9 Å². The van der Waals surface area contributed by atoms with E-state index < -0.39 is 0 Å². The number of carbonyl (C=O) groups is 3. The minimum atomic E-state index is -0.386. The molecule has 1 heterocycles. The highest BCUT2D eigenvalue weighted by molar-refractivity contribution is 8.18. The van der Waals surface area contributed by atoms with Crippen LogP contribution in [-0.4, -0.2) is 56.4 Å². The van der Waals surface area contributed by atoms with Crippen molar-refractivity contribution in [2.75, 3.05) is 34.4 Å². The quantitative estimate of drug-likeness (QED) is 0.646. The third-order valence-electron chi connectivity index (χ3n) is 4.94. The van der Waals surface area contributed by atoms with Gasteiger partial charge in [-0.15, -0.1) is 0 Å². The molecule has 29 heavy (non-hydrogen) atoms. The predicted octanol–water partition coefficient (Wildman–Crippen LogP) is 2.52. The first-order chi connectivity index (χ1) is 13.9. The van der Waals surface area contributed by atoms with E-state index in [1.807, 2.05) is 6.92 Å². The standard InChI is InChI=1S/C20H24N2O6S/c1-11-7-13(11)18(23)21-5-6-22-19(24)16(29-20(22)25)10-12-8-14(26-2)17(28-4)15(9-12)27-3/h8-11,13H,5-7H2,1-4H3,(H,21,23)/b16-10+/t11-,13+/m0/s1. The fourth-order valence-electron chi connectivity index (χ4n) is 3.14. The van der Waals surface area contributed by atoms with Crippen molar-refractivity contribution in [2.24, 2.45) is 11.8 Å². The second-order valence-corrected chi connectivity index (χ2v) is 7.90. The van der Waals surface area contributed by atoms with Gasteiger partial charge in [-0.3, -0.25) is 19.3 Å². The molecule has 1 aromatic carbocycles. The summed E-state index contributed by atoms with van der Waals surface area (Å²) in [4.78, 5) is 38.2. The first-order valence-electron chi connectivity index (χ1n) is 9.22. The number of methoxy groups -OCH3 is 3. The summed E-state index contributed by atoms with van der Waals surface area (Å²) in [5.41, 5.74) is 0.640. The van der Waals surface area contributed by atoms with Crippen LogP contribution in [-0.2, 0) is 9.59 Å². The number of rotatable bonds is 8. The first kappa shape index (κ1) is 21.0. The van der Waals surface area contributed by atoms with Crippen molar-refractivity contribution < 1.29 is 28.6 Å². The van der Waals surface area contributed by atoms with Crippen molar-refractivity contribution in [1.29, 1.82) is 0 Å². The molecule has 0 aromatic heterocycles. The second kappa shape index (κ2) is 8.77. The van der Waals surface area contributed by atoms with E-state index in [0.717, 1.165) is 23.1 Å². The molecule has 1 aliphatic carbocycles. The normalized spacial score (nSPS) is 22.1. The van der Waals surface area contributed by atoms with Gasteiger partial charge in [0.2, 0.25) is 11.7 Å². The van der Waals surface area contributed by atoms with E-state index in [1.165, 1.54) is 21.3 Å². The molecule has 2 fully saturated rings. The summed E-state index contributed by atoms with van der Waals surface area (Å²) in [6, 6.07) is 3.40. The first-order valence-corrected chi connectivity index (χ1v) is 10.0. The minimum Gasteiger partial charge on any atom is -0.493 e. The van der Waals surface area contributed by atoms with Gasteiger partial charge in [0.25, 0.3) is 11.1 Å². The summed E-state index contributed by atoms with van der Waals surface area (Å²) >= 11 is 0.864. The molecule has 0 bridgehead atoms. The maximum atomic E-state index is 12.6. The summed E-state index contributed by atoms with van der Waals surface area (Å²) in [5.74, 6) is 1.42. The summed E-state index contributed by atoms with van der Waals surface area (Å²) in [7, 11) is 4.52. The molecule has 2 atom stereocenters. The van der Waals surface area contributed by atoms with Gasteiger partial charge in [0, 0.05) is 19.0 Å². The Morgan fingerprint density at radius 1 is 1.21 bits per heavy atom. The molecule has 3 amide bonds. The van der Waals surface area contributed by atoms with Gasteiger partial charge < -0.3 is 19.5 Å². The van der Waals surface area contributed by atoms with Crippen LogP contribution in [0.2, 0.25) is 0 Å². The number of hydrogen-bond donors (Lipinski definition) is 1. The summed E-state index contributed by atoms with van der Waals surface area (Å²) in [6.45, 7) is 2.41. The Morgan fingerprint density at radius 3 is 2.34 bits per heavy atom. The average molecular weight is 420 g/mol. The third-order valence-corrected chi connectivity index (χ3v) is 5.85. The zero-order valence-corrected chi connectivity index (χ0v) is 17.6. The molecule has 1 aliphatic heterocycles. The Kier molecular flexibility index (Phi) is 6.36. The van der Waals surface area contributed by atoms with Crippen LogP contribution >= 0.6 is 11.8 Å². The van der Waals surface area contributed by atoms with E-state index in [0.29, 0.717) is 33.6 Å². The van der Waals surface area contributed by atoms with Crippen LogP contribution in [0.25, 0.3) is 6.08 Å². The van der Waals surface area contributed by atoms with Gasteiger partial charge in [-0.25, -0.2) is 0 Å². The number of hydrogen-bond acceptors (Lipinski definition) is 7. The Balaban J connectivity index is 1.70. The smallest absolute Gasteiger partial charge is 0.293 e. The Bertz CT molecular complexity index is 844. The van der Waals surface area contributed by atoms with Gasteiger partial charge in [0.15, 0.2) is 11.5 Å². The molecule has 156 valence electrons. The monoisotopic (exact) mass is 420 g/mol. The molecule has 0 spiro atoms. The lowest BCUT2D eigenvalue weighted by atomic mass is 10.1. The highest BCUT2D eigenvalue weighted by Gasteiger charge is 2.39. The van der Waals surface area contributed by atoms with Crippen molar-refractivity contribution in [2.45, 2.75) is 13.3 Å². The van der Waals surface area contributed by atoms with E-state index in [1.54, 1.807) is 18.2 Å². The van der Waals surface area contributed by atoms with Gasteiger partial charge in [-0.1, -0.05) is 6.92 Å². The predicted molar refractivity (Wildman–Crippen MR) is 109 cm³/mol. The number of nitrogens with zero attached hydrogens (tertiary/aromatic N) is 1. The van der Waals surface area contributed by atoms with Crippen molar-refractivity contribution in [3.05, 3.63) is 22.6 Å². The number of amides is 3. The Morgan fingerprint density at radius 2 is 1.83 bits per heavy atom. The summed E-state index contributed by atoms with van der Waals surface area (Å²) < 4.78 is 15.9. The molecular formula is C20H24N2O6S. The Labute approximate surface area is 173 Å². The van der Waals surface area contributed by atoms with Gasteiger partial charge in [-0.05, 0) is 47.9 Å².